The highest BCUT2D eigenvalue weighted by molar-refractivity contribution is 7.89. The number of hydrogen-bond acceptors (Lipinski definition) is 5. The van der Waals surface area contributed by atoms with Crippen LogP contribution in [0, 0.1) is 0 Å². The number of aromatic nitrogens is 1. The number of sulfonamides is 1. The van der Waals surface area contributed by atoms with Gasteiger partial charge in [0.25, 0.3) is 15.6 Å². The van der Waals surface area contributed by atoms with Crippen LogP contribution in [0.5, 0.6) is 11.5 Å². The van der Waals surface area contributed by atoms with Crippen LogP contribution in [0.25, 0.3) is 0 Å². The Balaban J connectivity index is 3.50. The Hall–Kier alpha value is -1.75. The van der Waals surface area contributed by atoms with Gasteiger partial charge in [-0.1, -0.05) is 0 Å². The van der Waals surface area contributed by atoms with Crippen LogP contribution in [-0.2, 0) is 10.0 Å². The molecule has 0 saturated heterocycles. The van der Waals surface area contributed by atoms with Crippen LogP contribution in [0.1, 0.15) is 0 Å². The molecule has 0 bridgehead atoms. The first-order valence-electron chi connectivity index (χ1n) is 4.14. The molecule has 18 heavy (non-hydrogen) atoms. The van der Waals surface area contributed by atoms with Crippen molar-refractivity contribution in [1.82, 2.24) is 4.98 Å². The SMILES string of the molecule is COc1cc(OC(F)(F)F)c(S(N)(=O)=O)[nH]c1=O. The van der Waals surface area contributed by atoms with E-state index in [9.17, 15) is 26.4 Å². The number of ether oxygens (including phenoxy) is 2. The van der Waals surface area contributed by atoms with Crippen molar-refractivity contribution >= 4 is 10.0 Å². The quantitative estimate of drug-likeness (QED) is 0.808. The van der Waals surface area contributed by atoms with E-state index in [-0.39, 0.29) is 0 Å². The Labute approximate surface area is 98.4 Å². The number of H-pyrrole nitrogens is 1. The molecule has 0 radical (unpaired) electrons. The van der Waals surface area contributed by atoms with Gasteiger partial charge in [-0.15, -0.1) is 13.2 Å². The summed E-state index contributed by atoms with van der Waals surface area (Å²) in [5.41, 5.74) is -1.06. The third-order valence-corrected chi connectivity index (χ3v) is 2.54. The number of methoxy groups -OCH3 is 1. The van der Waals surface area contributed by atoms with Gasteiger partial charge in [0.2, 0.25) is 0 Å². The predicted octanol–water partition coefficient (Wildman–Crippen LogP) is -0.0705. The standard InChI is InChI=1S/C7H7F3N2O5S/c1-16-3-2-4(17-7(8,9)10)6(12-5(3)13)18(11,14)15/h2H,1H3,(H,12,13)(H2,11,14,15). The lowest BCUT2D eigenvalue weighted by Gasteiger charge is -2.12. The minimum atomic E-state index is -5.15. The summed E-state index contributed by atoms with van der Waals surface area (Å²) in [6.07, 6.45) is -5.15. The number of primary sulfonamides is 1. The number of halogens is 3. The molecule has 0 aromatic carbocycles. The van der Waals surface area contributed by atoms with Gasteiger partial charge >= 0.3 is 6.36 Å². The Bertz CT molecular complexity index is 606. The molecular weight excluding hydrogens is 281 g/mol. The van der Waals surface area contributed by atoms with Crippen LogP contribution in [0.4, 0.5) is 13.2 Å². The summed E-state index contributed by atoms with van der Waals surface area (Å²) in [5.74, 6) is -1.73. The zero-order chi connectivity index (χ0) is 14.1. The van der Waals surface area contributed by atoms with Gasteiger partial charge in [-0.3, -0.25) is 4.79 Å². The Morgan fingerprint density at radius 1 is 1.33 bits per heavy atom. The second-order valence-electron chi connectivity index (χ2n) is 2.95. The summed E-state index contributed by atoms with van der Waals surface area (Å²) < 4.78 is 66.1. The molecule has 0 spiro atoms. The highest BCUT2D eigenvalue weighted by Crippen LogP contribution is 2.28. The highest BCUT2D eigenvalue weighted by Gasteiger charge is 2.34. The molecule has 0 atom stereocenters. The van der Waals surface area contributed by atoms with Crippen molar-refractivity contribution in [1.29, 1.82) is 0 Å². The van der Waals surface area contributed by atoms with Gasteiger partial charge in [0, 0.05) is 6.07 Å². The fraction of sp³-hybridized carbons (Fsp3) is 0.286. The Kier molecular flexibility index (Phi) is 3.57. The number of pyridine rings is 1. The molecule has 1 rings (SSSR count). The van der Waals surface area contributed by atoms with Crippen LogP contribution in [-0.4, -0.2) is 26.9 Å². The molecule has 0 aliphatic heterocycles. The van der Waals surface area contributed by atoms with Crippen molar-refractivity contribution < 1.29 is 31.1 Å². The number of hydrogen-bond donors (Lipinski definition) is 2. The second kappa shape index (κ2) is 4.49. The molecule has 7 nitrogen and oxygen atoms in total. The van der Waals surface area contributed by atoms with E-state index in [0.29, 0.717) is 6.07 Å². The van der Waals surface area contributed by atoms with Crippen molar-refractivity contribution in [2.24, 2.45) is 5.14 Å². The van der Waals surface area contributed by atoms with Crippen LogP contribution >= 0.6 is 0 Å². The molecule has 0 aliphatic carbocycles. The number of nitrogens with two attached hydrogens (primary N) is 1. The van der Waals surface area contributed by atoms with E-state index in [1.807, 2.05) is 0 Å². The molecule has 0 unspecified atom stereocenters. The summed E-state index contributed by atoms with van der Waals surface area (Å²) in [6, 6.07) is 0.478. The first kappa shape index (κ1) is 14.3. The average molecular weight is 288 g/mol. The van der Waals surface area contributed by atoms with E-state index < -0.39 is 38.5 Å². The van der Waals surface area contributed by atoms with Crippen LogP contribution in [0.3, 0.4) is 0 Å². The molecule has 102 valence electrons. The zero-order valence-electron chi connectivity index (χ0n) is 8.74. The lowest BCUT2D eigenvalue weighted by Crippen LogP contribution is -2.25. The van der Waals surface area contributed by atoms with Gasteiger partial charge in [-0.05, 0) is 0 Å². The van der Waals surface area contributed by atoms with E-state index in [0.717, 1.165) is 7.11 Å². The Morgan fingerprint density at radius 2 is 1.89 bits per heavy atom. The maximum atomic E-state index is 12.1. The molecule has 0 aliphatic rings. The summed E-state index contributed by atoms with van der Waals surface area (Å²) in [5, 5.41) is 3.46. The van der Waals surface area contributed by atoms with Gasteiger partial charge in [0.05, 0.1) is 7.11 Å². The van der Waals surface area contributed by atoms with Gasteiger partial charge in [-0.2, -0.15) is 0 Å². The predicted molar refractivity (Wildman–Crippen MR) is 51.7 cm³/mol. The normalized spacial score (nSPS) is 12.3. The molecule has 0 amide bonds. The van der Waals surface area contributed by atoms with E-state index in [1.54, 1.807) is 4.98 Å². The lowest BCUT2D eigenvalue weighted by molar-refractivity contribution is -0.275. The minimum Gasteiger partial charge on any atom is -0.491 e. The van der Waals surface area contributed by atoms with E-state index >= 15 is 0 Å². The fourth-order valence-electron chi connectivity index (χ4n) is 1.04. The number of nitrogens with one attached hydrogen (secondary N) is 1. The zero-order valence-corrected chi connectivity index (χ0v) is 9.55. The van der Waals surface area contributed by atoms with Crippen LogP contribution < -0.4 is 20.2 Å². The van der Waals surface area contributed by atoms with E-state index in [4.69, 9.17) is 0 Å². The van der Waals surface area contributed by atoms with Gasteiger partial charge < -0.3 is 14.5 Å². The van der Waals surface area contributed by atoms with Crippen molar-refractivity contribution in [3.05, 3.63) is 16.4 Å². The number of alkyl halides is 3. The third-order valence-electron chi connectivity index (χ3n) is 1.67. The van der Waals surface area contributed by atoms with Crippen molar-refractivity contribution in [3.63, 3.8) is 0 Å². The summed E-state index contributed by atoms with van der Waals surface area (Å²) in [6.45, 7) is 0. The molecule has 1 aromatic heterocycles. The Morgan fingerprint density at radius 3 is 2.28 bits per heavy atom. The van der Waals surface area contributed by atoms with Gasteiger partial charge in [0.1, 0.15) is 0 Å². The fourth-order valence-corrected chi connectivity index (χ4v) is 1.66. The largest absolute Gasteiger partial charge is 0.573 e. The van der Waals surface area contributed by atoms with E-state index in [2.05, 4.69) is 14.6 Å². The summed E-state index contributed by atoms with van der Waals surface area (Å²) >= 11 is 0. The van der Waals surface area contributed by atoms with E-state index in [1.165, 1.54) is 0 Å². The van der Waals surface area contributed by atoms with Crippen molar-refractivity contribution in [3.8, 4) is 11.5 Å². The lowest BCUT2D eigenvalue weighted by atomic mass is 10.4. The topological polar surface area (TPSA) is 111 Å². The van der Waals surface area contributed by atoms with Crippen molar-refractivity contribution in [2.45, 2.75) is 11.4 Å². The molecule has 0 saturated carbocycles. The number of rotatable bonds is 3. The maximum absolute atomic E-state index is 12.1. The molecule has 1 aromatic rings. The average Bonchev–Trinajstić information content (AvgIpc) is 2.16. The van der Waals surface area contributed by atoms with Crippen molar-refractivity contribution in [2.75, 3.05) is 7.11 Å². The third kappa shape index (κ3) is 3.37. The smallest absolute Gasteiger partial charge is 0.491 e. The molecule has 3 N–H and O–H groups in total. The van der Waals surface area contributed by atoms with Gasteiger partial charge in [0.15, 0.2) is 16.5 Å². The highest BCUT2D eigenvalue weighted by atomic mass is 32.2. The summed E-state index contributed by atoms with van der Waals surface area (Å²) in [7, 11) is -3.58. The molecule has 1 heterocycles. The second-order valence-corrected chi connectivity index (χ2v) is 4.45. The first-order chi connectivity index (χ1) is 8.04. The monoisotopic (exact) mass is 288 g/mol. The molecule has 0 fully saturated rings. The molecular formula is C7H7F3N2O5S. The molecule has 11 heteroatoms. The minimum absolute atomic E-state index is 0.478. The first-order valence-corrected chi connectivity index (χ1v) is 5.69. The summed E-state index contributed by atoms with van der Waals surface area (Å²) in [4.78, 5) is 12.8. The van der Waals surface area contributed by atoms with Crippen LogP contribution in [0.2, 0.25) is 0 Å². The number of aromatic amines is 1. The maximum Gasteiger partial charge on any atom is 0.573 e. The van der Waals surface area contributed by atoms with Crippen LogP contribution in [0.15, 0.2) is 15.9 Å². The van der Waals surface area contributed by atoms with Gasteiger partial charge in [-0.25, -0.2) is 13.6 Å².